The molecule has 0 saturated carbocycles. The Labute approximate surface area is 176 Å². The van der Waals surface area contributed by atoms with Gasteiger partial charge in [0.1, 0.15) is 11.4 Å². The summed E-state index contributed by atoms with van der Waals surface area (Å²) in [5.74, 6) is -0.650. The normalized spacial score (nSPS) is 11.2. The molecule has 0 aliphatic carbocycles. The number of alkyl halides is 3. The highest BCUT2D eigenvalue weighted by Gasteiger charge is 2.31. The van der Waals surface area contributed by atoms with Gasteiger partial charge in [-0.3, -0.25) is 9.59 Å². The fourth-order valence-electron chi connectivity index (χ4n) is 2.77. The summed E-state index contributed by atoms with van der Waals surface area (Å²) in [5, 5.41) is 6.47. The number of hydrogen-bond donors (Lipinski definition) is 1. The maximum absolute atomic E-state index is 13.1. The van der Waals surface area contributed by atoms with Gasteiger partial charge in [0.05, 0.1) is 24.4 Å². The lowest BCUT2D eigenvalue weighted by atomic mass is 10.1. The van der Waals surface area contributed by atoms with E-state index < -0.39 is 23.2 Å². The number of ether oxygens (including phenoxy) is 1. The van der Waals surface area contributed by atoms with Crippen molar-refractivity contribution < 1.29 is 22.7 Å². The number of aromatic nitrogens is 2. The molecule has 2 aromatic carbocycles. The Morgan fingerprint density at radius 2 is 1.84 bits per heavy atom. The van der Waals surface area contributed by atoms with E-state index in [0.717, 1.165) is 28.4 Å². The van der Waals surface area contributed by atoms with E-state index in [0.29, 0.717) is 6.42 Å². The minimum atomic E-state index is -4.58. The smallest absolute Gasteiger partial charge is 0.416 e. The molecule has 3 aromatic rings. The van der Waals surface area contributed by atoms with Gasteiger partial charge in [-0.25, -0.2) is 4.68 Å². The average molecular weight is 431 g/mol. The molecule has 0 saturated heterocycles. The van der Waals surface area contributed by atoms with E-state index in [2.05, 4.69) is 10.4 Å². The highest BCUT2D eigenvalue weighted by Crippen LogP contribution is 2.35. The molecule has 6 nitrogen and oxygen atoms in total. The number of benzene rings is 2. The number of amides is 1. The number of hydrogen-bond acceptors (Lipinski definition) is 4. The first-order valence-electron chi connectivity index (χ1n) is 9.55. The Bertz CT molecular complexity index is 1110. The van der Waals surface area contributed by atoms with Crippen LogP contribution in [0.5, 0.6) is 5.75 Å². The van der Waals surface area contributed by atoms with Gasteiger partial charge in [0, 0.05) is 6.07 Å². The van der Waals surface area contributed by atoms with Gasteiger partial charge >= 0.3 is 6.18 Å². The van der Waals surface area contributed by atoms with Crippen molar-refractivity contribution in [3.63, 3.8) is 0 Å². The first kappa shape index (κ1) is 22.1. The van der Waals surface area contributed by atoms with E-state index in [1.807, 2.05) is 25.1 Å². The Hall–Kier alpha value is -3.62. The van der Waals surface area contributed by atoms with Gasteiger partial charge in [-0.2, -0.15) is 18.3 Å². The highest BCUT2D eigenvalue weighted by molar-refractivity contribution is 6.03. The van der Waals surface area contributed by atoms with Crippen LogP contribution < -0.4 is 15.6 Å². The lowest BCUT2D eigenvalue weighted by Gasteiger charge is -2.15. The van der Waals surface area contributed by atoms with Crippen molar-refractivity contribution in [3.8, 4) is 5.75 Å². The van der Waals surface area contributed by atoms with Crippen molar-refractivity contribution in [2.24, 2.45) is 0 Å². The molecule has 0 spiro atoms. The lowest BCUT2D eigenvalue weighted by molar-refractivity contribution is -0.137. The minimum absolute atomic E-state index is 0.112. The first-order valence-corrected chi connectivity index (χ1v) is 9.55. The summed E-state index contributed by atoms with van der Waals surface area (Å²) >= 11 is 0. The van der Waals surface area contributed by atoms with E-state index in [1.54, 1.807) is 12.1 Å². The number of anilines is 1. The zero-order valence-corrected chi connectivity index (χ0v) is 16.6. The average Bonchev–Trinajstić information content (AvgIpc) is 2.74. The van der Waals surface area contributed by atoms with E-state index in [9.17, 15) is 22.8 Å². The molecule has 0 unspecified atom stereocenters. The van der Waals surface area contributed by atoms with Crippen LogP contribution in [0.15, 0.2) is 65.5 Å². The van der Waals surface area contributed by atoms with Crippen molar-refractivity contribution in [2.45, 2.75) is 26.1 Å². The molecule has 1 amide bonds. The summed E-state index contributed by atoms with van der Waals surface area (Å²) in [7, 11) is 0. The summed E-state index contributed by atoms with van der Waals surface area (Å²) in [6.07, 6.45) is -3.94. The van der Waals surface area contributed by atoms with Gasteiger partial charge in [-0.1, -0.05) is 37.3 Å². The van der Waals surface area contributed by atoms with Gasteiger partial charge < -0.3 is 10.1 Å². The fraction of sp³-hybridized carbons (Fsp3) is 0.227. The zero-order valence-electron chi connectivity index (χ0n) is 16.6. The molecule has 0 aliphatic rings. The van der Waals surface area contributed by atoms with E-state index in [-0.39, 0.29) is 30.3 Å². The van der Waals surface area contributed by atoms with Gasteiger partial charge in [0.15, 0.2) is 0 Å². The van der Waals surface area contributed by atoms with Crippen LogP contribution in [0.2, 0.25) is 0 Å². The highest BCUT2D eigenvalue weighted by atomic mass is 19.4. The third-order valence-electron chi connectivity index (χ3n) is 4.29. The van der Waals surface area contributed by atoms with Crippen molar-refractivity contribution in [1.82, 2.24) is 9.78 Å². The summed E-state index contributed by atoms with van der Waals surface area (Å²) < 4.78 is 45.9. The monoisotopic (exact) mass is 431 g/mol. The predicted molar refractivity (Wildman–Crippen MR) is 109 cm³/mol. The quantitative estimate of drug-likeness (QED) is 0.604. The number of carbonyl (C=O) groups is 1. The zero-order chi connectivity index (χ0) is 22.4. The van der Waals surface area contributed by atoms with Crippen LogP contribution in [0.25, 0.3) is 0 Å². The van der Waals surface area contributed by atoms with Crippen LogP contribution in [0, 0.1) is 0 Å². The molecule has 31 heavy (non-hydrogen) atoms. The van der Waals surface area contributed by atoms with Gasteiger partial charge in [0.2, 0.25) is 0 Å². The number of halogens is 3. The molecule has 1 heterocycles. The molecular formula is C22H20F3N3O3. The van der Waals surface area contributed by atoms with Crippen LogP contribution in [0.1, 0.15) is 35.0 Å². The summed E-state index contributed by atoms with van der Waals surface area (Å²) in [6.45, 7) is 2.27. The third kappa shape index (κ3) is 5.71. The lowest BCUT2D eigenvalue weighted by Crippen LogP contribution is -2.26. The minimum Gasteiger partial charge on any atom is -0.491 e. The molecule has 0 fully saturated rings. The second kappa shape index (κ2) is 9.46. The molecule has 0 bridgehead atoms. The Kier molecular flexibility index (Phi) is 6.74. The predicted octanol–water partition coefficient (Wildman–Crippen LogP) is 4.35. The van der Waals surface area contributed by atoms with E-state index in [1.165, 1.54) is 12.1 Å². The molecule has 9 heteroatoms. The van der Waals surface area contributed by atoms with Gasteiger partial charge in [0.25, 0.3) is 11.5 Å². The van der Waals surface area contributed by atoms with Crippen LogP contribution in [0.3, 0.4) is 0 Å². The summed E-state index contributed by atoms with van der Waals surface area (Å²) in [6, 6.07) is 14.3. The maximum atomic E-state index is 13.1. The van der Waals surface area contributed by atoms with Crippen LogP contribution in [-0.4, -0.2) is 22.3 Å². The van der Waals surface area contributed by atoms with Crippen molar-refractivity contribution >= 4 is 11.6 Å². The summed E-state index contributed by atoms with van der Waals surface area (Å²) in [4.78, 5) is 24.8. The molecule has 0 atom stereocenters. The number of nitrogens with one attached hydrogen (secondary N) is 1. The van der Waals surface area contributed by atoms with Crippen molar-refractivity contribution in [3.05, 3.63) is 87.8 Å². The van der Waals surface area contributed by atoms with E-state index >= 15 is 0 Å². The van der Waals surface area contributed by atoms with Crippen molar-refractivity contribution in [1.29, 1.82) is 0 Å². The van der Waals surface area contributed by atoms with Crippen LogP contribution >= 0.6 is 0 Å². The molecule has 162 valence electrons. The Balaban J connectivity index is 1.88. The molecule has 1 N–H and O–H groups in total. The van der Waals surface area contributed by atoms with Gasteiger partial charge in [-0.15, -0.1) is 0 Å². The maximum Gasteiger partial charge on any atom is 0.416 e. The molecular weight excluding hydrogens is 411 g/mol. The number of rotatable bonds is 7. The third-order valence-corrected chi connectivity index (χ3v) is 4.29. The molecule has 0 aliphatic heterocycles. The van der Waals surface area contributed by atoms with Crippen LogP contribution in [0.4, 0.5) is 18.9 Å². The van der Waals surface area contributed by atoms with Crippen molar-refractivity contribution in [2.75, 3.05) is 11.9 Å². The topological polar surface area (TPSA) is 73.2 Å². The molecule has 1 aromatic heterocycles. The molecule has 3 rings (SSSR count). The summed E-state index contributed by atoms with van der Waals surface area (Å²) in [5.41, 5.74) is -0.770. The van der Waals surface area contributed by atoms with Crippen LogP contribution in [-0.2, 0) is 12.7 Å². The SMILES string of the molecule is CCCOc1ccc(C(F)(F)F)cc1NC(=O)c1ccc(=O)n(Cc2ccccc2)n1. The van der Waals surface area contributed by atoms with E-state index in [4.69, 9.17) is 4.74 Å². The second-order valence-corrected chi connectivity index (χ2v) is 6.71. The standard InChI is InChI=1S/C22H20F3N3O3/c1-2-12-31-19-10-8-16(22(23,24)25)13-18(19)26-21(30)17-9-11-20(29)28(27-17)14-15-6-4-3-5-7-15/h3-11,13H,2,12,14H2,1H3,(H,26,30). The first-order chi connectivity index (χ1) is 14.8. The fourth-order valence-corrected chi connectivity index (χ4v) is 2.77. The molecule has 0 radical (unpaired) electrons. The Morgan fingerprint density at radius 3 is 2.52 bits per heavy atom. The Morgan fingerprint density at radius 1 is 1.10 bits per heavy atom. The number of carbonyl (C=O) groups excluding carboxylic acids is 1. The largest absolute Gasteiger partial charge is 0.491 e. The second-order valence-electron chi connectivity index (χ2n) is 6.71. The number of nitrogens with zero attached hydrogens (tertiary/aromatic N) is 2. The van der Waals surface area contributed by atoms with Gasteiger partial charge in [-0.05, 0) is 36.2 Å².